The van der Waals surface area contributed by atoms with E-state index in [0.717, 1.165) is 12.8 Å². The molecule has 1 fully saturated rings. The van der Waals surface area contributed by atoms with Gasteiger partial charge in [-0.25, -0.2) is 0 Å². The van der Waals surface area contributed by atoms with Gasteiger partial charge in [0.1, 0.15) is 11.8 Å². The van der Waals surface area contributed by atoms with Crippen LogP contribution in [0.1, 0.15) is 40.9 Å². The fourth-order valence-electron chi connectivity index (χ4n) is 3.19. The molecule has 25 heavy (non-hydrogen) atoms. The van der Waals surface area contributed by atoms with E-state index >= 15 is 0 Å². The van der Waals surface area contributed by atoms with E-state index in [9.17, 15) is 14.7 Å². The van der Waals surface area contributed by atoms with Gasteiger partial charge in [0.05, 0.1) is 4.88 Å². The monoisotopic (exact) mass is 358 g/mol. The van der Waals surface area contributed by atoms with E-state index in [0.29, 0.717) is 23.9 Å². The van der Waals surface area contributed by atoms with Crippen LogP contribution in [-0.2, 0) is 4.79 Å². The number of nitrogens with zero attached hydrogens (tertiary/aromatic N) is 1. The highest BCUT2D eigenvalue weighted by Gasteiger charge is 2.27. The van der Waals surface area contributed by atoms with Gasteiger partial charge in [-0.2, -0.15) is 0 Å². The first kappa shape index (κ1) is 17.5. The molecule has 0 bridgehead atoms. The average molecular weight is 358 g/mol. The van der Waals surface area contributed by atoms with E-state index in [1.807, 2.05) is 28.5 Å². The number of benzene rings is 1. The third kappa shape index (κ3) is 4.20. The van der Waals surface area contributed by atoms with Crippen molar-refractivity contribution in [1.29, 1.82) is 0 Å². The molecular weight excluding hydrogens is 336 g/mol. The number of phenols is 1. The van der Waals surface area contributed by atoms with Crippen LogP contribution in [-0.4, -0.2) is 41.0 Å². The van der Waals surface area contributed by atoms with Gasteiger partial charge >= 0.3 is 0 Å². The maximum atomic E-state index is 12.6. The first-order chi connectivity index (χ1) is 12.0. The topological polar surface area (TPSA) is 69.6 Å². The van der Waals surface area contributed by atoms with Crippen LogP contribution < -0.4 is 5.32 Å². The summed E-state index contributed by atoms with van der Waals surface area (Å²) >= 11 is 1.36. The van der Waals surface area contributed by atoms with Crippen LogP contribution in [0.15, 0.2) is 41.8 Å². The van der Waals surface area contributed by atoms with Crippen molar-refractivity contribution in [3.8, 4) is 5.75 Å². The summed E-state index contributed by atoms with van der Waals surface area (Å²) in [5, 5.41) is 14.0. The Balaban J connectivity index is 1.52. The van der Waals surface area contributed by atoms with Gasteiger partial charge in [-0.3, -0.25) is 9.59 Å². The van der Waals surface area contributed by atoms with Crippen LogP contribution in [0.25, 0.3) is 0 Å². The van der Waals surface area contributed by atoms with Crippen LogP contribution >= 0.6 is 11.3 Å². The Morgan fingerprint density at radius 1 is 1.20 bits per heavy atom. The summed E-state index contributed by atoms with van der Waals surface area (Å²) < 4.78 is 0. The van der Waals surface area contributed by atoms with Crippen molar-refractivity contribution in [2.75, 3.05) is 13.1 Å². The summed E-state index contributed by atoms with van der Waals surface area (Å²) in [5.74, 6) is 0.441. The summed E-state index contributed by atoms with van der Waals surface area (Å²) in [6.07, 6.45) is 1.78. The van der Waals surface area contributed by atoms with Crippen molar-refractivity contribution in [3.63, 3.8) is 0 Å². The first-order valence-corrected chi connectivity index (χ1v) is 9.34. The van der Waals surface area contributed by atoms with E-state index in [1.165, 1.54) is 16.9 Å². The second kappa shape index (κ2) is 7.70. The van der Waals surface area contributed by atoms with Gasteiger partial charge < -0.3 is 15.3 Å². The Labute approximate surface area is 151 Å². The average Bonchev–Trinajstić information content (AvgIpc) is 3.17. The number of phenolic OH excluding ortho intramolecular Hbond substituents is 1. The van der Waals surface area contributed by atoms with Crippen LogP contribution in [0.3, 0.4) is 0 Å². The lowest BCUT2D eigenvalue weighted by Gasteiger charge is -2.34. The minimum atomic E-state index is -0.528. The molecule has 1 saturated heterocycles. The zero-order valence-electron chi connectivity index (χ0n) is 14.1. The number of carbonyl (C=O) groups excluding carboxylic acids is 2. The molecule has 1 aromatic carbocycles. The number of nitrogens with one attached hydrogen (secondary N) is 1. The van der Waals surface area contributed by atoms with E-state index in [2.05, 4.69) is 5.32 Å². The van der Waals surface area contributed by atoms with Crippen LogP contribution in [0.5, 0.6) is 5.75 Å². The predicted octanol–water partition coefficient (Wildman–Crippen LogP) is 2.98. The van der Waals surface area contributed by atoms with Crippen molar-refractivity contribution < 1.29 is 14.7 Å². The van der Waals surface area contributed by atoms with Crippen LogP contribution in [0.4, 0.5) is 0 Å². The lowest BCUT2D eigenvalue weighted by Crippen LogP contribution is -2.49. The summed E-state index contributed by atoms with van der Waals surface area (Å²) in [4.78, 5) is 27.1. The van der Waals surface area contributed by atoms with Gasteiger partial charge in [-0.1, -0.05) is 18.2 Å². The number of carbonyl (C=O) groups is 2. The molecule has 0 spiro atoms. The van der Waals surface area contributed by atoms with Crippen molar-refractivity contribution in [2.45, 2.75) is 31.7 Å². The van der Waals surface area contributed by atoms with Gasteiger partial charge in [0, 0.05) is 13.1 Å². The summed E-state index contributed by atoms with van der Waals surface area (Å²) in [7, 11) is 0. The highest BCUT2D eigenvalue weighted by atomic mass is 32.1. The Morgan fingerprint density at radius 3 is 2.48 bits per heavy atom. The molecule has 6 heteroatoms. The maximum absolute atomic E-state index is 12.6. The molecule has 2 N–H and O–H groups in total. The van der Waals surface area contributed by atoms with Gasteiger partial charge in [-0.15, -0.1) is 11.3 Å². The Bertz CT molecular complexity index is 720. The van der Waals surface area contributed by atoms with Crippen LogP contribution in [0.2, 0.25) is 0 Å². The molecule has 3 rings (SSSR count). The first-order valence-electron chi connectivity index (χ1n) is 8.46. The smallest absolute Gasteiger partial charge is 0.261 e. The molecule has 1 unspecified atom stereocenters. The van der Waals surface area contributed by atoms with Crippen molar-refractivity contribution in [1.82, 2.24) is 10.2 Å². The maximum Gasteiger partial charge on any atom is 0.261 e. The molecular formula is C19H22N2O3S. The van der Waals surface area contributed by atoms with Crippen molar-refractivity contribution in [3.05, 3.63) is 52.2 Å². The molecule has 2 heterocycles. The number of piperidine rings is 1. The van der Waals surface area contributed by atoms with Gasteiger partial charge in [0.2, 0.25) is 5.91 Å². The fourth-order valence-corrected chi connectivity index (χ4v) is 3.82. The number of hydrogen-bond acceptors (Lipinski definition) is 4. The summed E-state index contributed by atoms with van der Waals surface area (Å²) in [6, 6.07) is 10.3. The Kier molecular flexibility index (Phi) is 5.38. The molecule has 132 valence electrons. The molecule has 0 radical (unpaired) electrons. The Morgan fingerprint density at radius 2 is 1.88 bits per heavy atom. The lowest BCUT2D eigenvalue weighted by atomic mass is 9.89. The SMILES string of the molecule is CC(NC(=O)c1cccs1)C(=O)N1CCC(c2ccc(O)cc2)CC1. The molecule has 1 aliphatic heterocycles. The Hall–Kier alpha value is -2.34. The predicted molar refractivity (Wildman–Crippen MR) is 97.9 cm³/mol. The largest absolute Gasteiger partial charge is 0.508 e. The molecule has 5 nitrogen and oxygen atoms in total. The zero-order valence-corrected chi connectivity index (χ0v) is 15.0. The summed E-state index contributed by atoms with van der Waals surface area (Å²) in [5.41, 5.74) is 1.20. The van der Waals surface area contributed by atoms with E-state index in [-0.39, 0.29) is 17.6 Å². The lowest BCUT2D eigenvalue weighted by molar-refractivity contribution is -0.133. The highest BCUT2D eigenvalue weighted by Crippen LogP contribution is 2.29. The number of aromatic hydroxyl groups is 1. The third-order valence-electron chi connectivity index (χ3n) is 4.63. The highest BCUT2D eigenvalue weighted by molar-refractivity contribution is 7.12. The van der Waals surface area contributed by atoms with E-state index < -0.39 is 6.04 Å². The normalized spacial score (nSPS) is 16.4. The molecule has 1 aliphatic rings. The van der Waals surface area contributed by atoms with E-state index in [4.69, 9.17) is 0 Å². The van der Waals surface area contributed by atoms with Crippen molar-refractivity contribution in [2.24, 2.45) is 0 Å². The van der Waals surface area contributed by atoms with Crippen LogP contribution in [0, 0.1) is 0 Å². The molecule has 2 aromatic rings. The number of amides is 2. The van der Waals surface area contributed by atoms with Gasteiger partial charge in [0.15, 0.2) is 0 Å². The third-order valence-corrected chi connectivity index (χ3v) is 5.50. The minimum Gasteiger partial charge on any atom is -0.508 e. The molecule has 2 amide bonds. The number of likely N-dealkylation sites (tertiary alicyclic amines) is 1. The second-order valence-electron chi connectivity index (χ2n) is 6.36. The van der Waals surface area contributed by atoms with Crippen molar-refractivity contribution >= 4 is 23.2 Å². The number of hydrogen-bond donors (Lipinski definition) is 2. The molecule has 0 saturated carbocycles. The molecule has 1 aromatic heterocycles. The fraction of sp³-hybridized carbons (Fsp3) is 0.368. The minimum absolute atomic E-state index is 0.0333. The van der Waals surface area contributed by atoms with Gasteiger partial charge in [-0.05, 0) is 54.8 Å². The standard InChI is InChI=1S/C19H22N2O3S/c1-13(20-18(23)17-3-2-12-25-17)19(24)21-10-8-15(9-11-21)14-4-6-16(22)7-5-14/h2-7,12-13,15,22H,8-11H2,1H3,(H,20,23). The number of rotatable bonds is 4. The molecule has 1 atom stereocenters. The molecule has 0 aliphatic carbocycles. The second-order valence-corrected chi connectivity index (χ2v) is 7.31. The number of thiophene rings is 1. The van der Waals surface area contributed by atoms with Gasteiger partial charge in [0.25, 0.3) is 5.91 Å². The summed E-state index contributed by atoms with van der Waals surface area (Å²) in [6.45, 7) is 3.10. The van der Waals surface area contributed by atoms with E-state index in [1.54, 1.807) is 25.1 Å². The zero-order chi connectivity index (χ0) is 17.8. The quantitative estimate of drug-likeness (QED) is 0.883.